The van der Waals surface area contributed by atoms with Gasteiger partial charge in [-0.05, 0) is 35.4 Å². The first-order valence-corrected chi connectivity index (χ1v) is 10.2. The number of carbonyl (C=O) groups excluding carboxylic acids is 1. The predicted molar refractivity (Wildman–Crippen MR) is 115 cm³/mol. The van der Waals surface area contributed by atoms with Gasteiger partial charge in [0.2, 0.25) is 6.17 Å². The van der Waals surface area contributed by atoms with Gasteiger partial charge in [-0.2, -0.15) is 5.10 Å². The molecule has 0 spiro atoms. The highest BCUT2D eigenvalue weighted by Crippen LogP contribution is 2.28. The Labute approximate surface area is 170 Å². The van der Waals surface area contributed by atoms with Crippen LogP contribution >= 0.6 is 27.7 Å². The minimum absolute atomic E-state index is 0.0606. The molecular weight excluding hydrogens is 424 g/mol. The standard InChI is InChI=1S/C20H17BrN4OS/c1-2-14-3-5-15(6-4-14)13-27-20-23-22-18-19(26)24(11-12-25(18)20)17-9-7-16(21)8-10-17/h2-12,18,22H,1,13H2. The average molecular weight is 441 g/mol. The number of hydrogen-bond donors (Lipinski definition) is 1. The maximum absolute atomic E-state index is 12.8. The number of anilines is 1. The molecule has 27 heavy (non-hydrogen) atoms. The van der Waals surface area contributed by atoms with E-state index in [2.05, 4.69) is 45.2 Å². The normalized spacial score (nSPS) is 18.2. The third kappa shape index (κ3) is 3.65. The fourth-order valence-corrected chi connectivity index (χ4v) is 4.02. The largest absolute Gasteiger partial charge is 0.294 e. The summed E-state index contributed by atoms with van der Waals surface area (Å²) >= 11 is 5.01. The number of hydrazone groups is 1. The van der Waals surface area contributed by atoms with Gasteiger partial charge in [0.1, 0.15) is 0 Å². The first kappa shape index (κ1) is 17.9. The van der Waals surface area contributed by atoms with Crippen LogP contribution in [-0.2, 0) is 10.5 Å². The SMILES string of the molecule is C=Cc1ccc(CSC2=NNC3C(=O)N(c4ccc(Br)cc4)C=CN23)cc1. The van der Waals surface area contributed by atoms with Crippen LogP contribution in [0.1, 0.15) is 11.1 Å². The van der Waals surface area contributed by atoms with Crippen LogP contribution in [0.2, 0.25) is 0 Å². The fourth-order valence-electron chi connectivity index (χ4n) is 2.83. The maximum Gasteiger partial charge on any atom is 0.276 e. The highest BCUT2D eigenvalue weighted by atomic mass is 79.9. The number of hydrogen-bond acceptors (Lipinski definition) is 5. The van der Waals surface area contributed by atoms with E-state index in [1.807, 2.05) is 53.6 Å². The Morgan fingerprint density at radius 3 is 2.59 bits per heavy atom. The minimum Gasteiger partial charge on any atom is -0.294 e. The van der Waals surface area contributed by atoms with Crippen LogP contribution in [0.25, 0.3) is 6.08 Å². The molecule has 2 aliphatic rings. The van der Waals surface area contributed by atoms with E-state index in [0.29, 0.717) is 0 Å². The fraction of sp³-hybridized carbons (Fsp3) is 0.100. The second kappa shape index (κ2) is 7.62. The number of halogens is 1. The Morgan fingerprint density at radius 1 is 1.15 bits per heavy atom. The van der Waals surface area contributed by atoms with Gasteiger partial charge in [-0.3, -0.25) is 20.0 Å². The van der Waals surface area contributed by atoms with Crippen molar-refractivity contribution in [2.45, 2.75) is 11.9 Å². The van der Waals surface area contributed by atoms with Crippen molar-refractivity contribution >= 4 is 50.5 Å². The molecule has 5 nitrogen and oxygen atoms in total. The summed E-state index contributed by atoms with van der Waals surface area (Å²) in [6.45, 7) is 3.77. The summed E-state index contributed by atoms with van der Waals surface area (Å²) in [4.78, 5) is 16.4. The zero-order valence-corrected chi connectivity index (χ0v) is 16.8. The van der Waals surface area contributed by atoms with Crippen LogP contribution in [0, 0.1) is 0 Å². The van der Waals surface area contributed by atoms with Gasteiger partial charge in [0, 0.05) is 28.3 Å². The lowest BCUT2D eigenvalue weighted by Gasteiger charge is -2.31. The molecule has 0 aromatic heterocycles. The number of fused-ring (bicyclic) bond motifs is 1. The van der Waals surface area contributed by atoms with Crippen molar-refractivity contribution in [1.82, 2.24) is 10.3 Å². The summed E-state index contributed by atoms with van der Waals surface area (Å²) < 4.78 is 0.975. The molecule has 2 aliphatic heterocycles. The summed E-state index contributed by atoms with van der Waals surface area (Å²) in [6.07, 6.45) is 4.99. The first-order valence-electron chi connectivity index (χ1n) is 8.38. The second-order valence-corrected chi connectivity index (χ2v) is 7.91. The Kier molecular flexibility index (Phi) is 5.05. The van der Waals surface area contributed by atoms with Crippen LogP contribution in [0.15, 0.2) is 77.1 Å². The maximum atomic E-state index is 12.8. The zero-order valence-electron chi connectivity index (χ0n) is 14.4. The van der Waals surface area contributed by atoms with E-state index in [1.165, 1.54) is 5.56 Å². The minimum atomic E-state index is -0.510. The van der Waals surface area contributed by atoms with Crippen molar-refractivity contribution < 1.29 is 4.79 Å². The van der Waals surface area contributed by atoms with E-state index in [4.69, 9.17) is 0 Å². The van der Waals surface area contributed by atoms with Crippen LogP contribution in [0.4, 0.5) is 5.69 Å². The third-order valence-corrected chi connectivity index (χ3v) is 5.88. The molecule has 4 rings (SSSR count). The summed E-state index contributed by atoms with van der Waals surface area (Å²) in [7, 11) is 0. The Bertz CT molecular complexity index is 924. The number of amidine groups is 1. The molecule has 7 heteroatoms. The quantitative estimate of drug-likeness (QED) is 0.767. The smallest absolute Gasteiger partial charge is 0.276 e. The van der Waals surface area contributed by atoms with Crippen molar-refractivity contribution in [3.8, 4) is 0 Å². The Morgan fingerprint density at radius 2 is 1.89 bits per heavy atom. The molecule has 2 aromatic carbocycles. The molecule has 2 aromatic rings. The van der Waals surface area contributed by atoms with E-state index in [1.54, 1.807) is 22.9 Å². The average Bonchev–Trinajstić information content (AvgIpc) is 3.12. The molecule has 0 aliphatic carbocycles. The number of nitrogens with one attached hydrogen (secondary N) is 1. The van der Waals surface area contributed by atoms with E-state index < -0.39 is 6.17 Å². The van der Waals surface area contributed by atoms with Crippen molar-refractivity contribution in [1.29, 1.82) is 0 Å². The summed E-state index contributed by atoms with van der Waals surface area (Å²) in [5, 5.41) is 5.14. The molecule has 1 N–H and O–H groups in total. The van der Waals surface area contributed by atoms with Gasteiger partial charge < -0.3 is 0 Å². The summed E-state index contributed by atoms with van der Waals surface area (Å²) in [6, 6.07) is 15.9. The lowest BCUT2D eigenvalue weighted by atomic mass is 10.1. The second-order valence-electron chi connectivity index (χ2n) is 6.05. The molecule has 0 radical (unpaired) electrons. The summed E-state index contributed by atoms with van der Waals surface area (Å²) in [5.74, 6) is 0.717. The van der Waals surface area contributed by atoms with E-state index in [9.17, 15) is 4.79 Å². The number of carbonyl (C=O) groups is 1. The van der Waals surface area contributed by atoms with Gasteiger partial charge in [0.05, 0.1) is 0 Å². The topological polar surface area (TPSA) is 47.9 Å². The highest BCUT2D eigenvalue weighted by molar-refractivity contribution is 9.10. The van der Waals surface area contributed by atoms with Gasteiger partial charge in [0.25, 0.3) is 5.91 Å². The molecule has 1 atom stereocenters. The van der Waals surface area contributed by atoms with Gasteiger partial charge in [-0.1, -0.05) is 64.6 Å². The number of amides is 1. The molecule has 136 valence electrons. The predicted octanol–water partition coefficient (Wildman–Crippen LogP) is 4.35. The van der Waals surface area contributed by atoms with E-state index in [0.717, 1.165) is 26.6 Å². The lowest BCUT2D eigenvalue weighted by molar-refractivity contribution is -0.122. The zero-order chi connectivity index (χ0) is 18.8. The molecular formula is C20H17BrN4OS. The van der Waals surface area contributed by atoms with Gasteiger partial charge in [-0.15, -0.1) is 0 Å². The van der Waals surface area contributed by atoms with Crippen LogP contribution in [0.5, 0.6) is 0 Å². The Hall–Kier alpha value is -2.51. The van der Waals surface area contributed by atoms with Gasteiger partial charge in [-0.25, -0.2) is 0 Å². The molecule has 2 heterocycles. The van der Waals surface area contributed by atoms with Crippen molar-refractivity contribution in [2.75, 3.05) is 4.90 Å². The number of rotatable bonds is 4. The van der Waals surface area contributed by atoms with Crippen molar-refractivity contribution in [2.24, 2.45) is 5.10 Å². The third-order valence-electron chi connectivity index (χ3n) is 4.32. The van der Waals surface area contributed by atoms with Crippen LogP contribution in [-0.4, -0.2) is 22.1 Å². The van der Waals surface area contributed by atoms with E-state index in [-0.39, 0.29) is 5.91 Å². The van der Waals surface area contributed by atoms with Crippen molar-refractivity contribution in [3.05, 3.63) is 83.1 Å². The highest BCUT2D eigenvalue weighted by Gasteiger charge is 2.38. The lowest BCUT2D eigenvalue weighted by Crippen LogP contribution is -2.52. The monoisotopic (exact) mass is 440 g/mol. The molecule has 1 amide bonds. The van der Waals surface area contributed by atoms with Gasteiger partial charge in [0.15, 0.2) is 5.17 Å². The Balaban J connectivity index is 1.44. The molecule has 1 unspecified atom stereocenters. The molecule has 0 bridgehead atoms. The molecule has 0 saturated heterocycles. The van der Waals surface area contributed by atoms with Crippen LogP contribution < -0.4 is 10.3 Å². The van der Waals surface area contributed by atoms with Gasteiger partial charge >= 0.3 is 0 Å². The molecule has 0 saturated carbocycles. The summed E-state index contributed by atoms with van der Waals surface area (Å²) in [5.41, 5.74) is 6.07. The molecule has 0 fully saturated rings. The first-order chi connectivity index (χ1) is 13.2. The number of thioether (sulfide) groups is 1. The number of nitrogens with zero attached hydrogens (tertiary/aromatic N) is 3. The van der Waals surface area contributed by atoms with Crippen LogP contribution in [0.3, 0.4) is 0 Å². The van der Waals surface area contributed by atoms with Crippen molar-refractivity contribution in [3.63, 3.8) is 0 Å². The van der Waals surface area contributed by atoms with E-state index >= 15 is 0 Å². The number of benzene rings is 2.